The predicted molar refractivity (Wildman–Crippen MR) is 129 cm³/mol. The number of nitrogens with one attached hydrogen (secondary N) is 1. The Morgan fingerprint density at radius 2 is 1.62 bits per heavy atom. The molecule has 7 heteroatoms. The topological polar surface area (TPSA) is 71.1 Å². The standard InChI is InChI=1S/C25H43N3O4/c1-6-15-28(16-7-2)25(30)12-10-11-24(29)26-20-21-13-14-22(23(19-21)31-5)32-18-17-27(8-3)9-4/h13-14,19H,6-12,15-18,20H2,1-5H3,(H,26,29). The maximum Gasteiger partial charge on any atom is 0.222 e. The summed E-state index contributed by atoms with van der Waals surface area (Å²) in [5.41, 5.74) is 0.944. The zero-order valence-electron chi connectivity index (χ0n) is 20.7. The van der Waals surface area contributed by atoms with Crippen LogP contribution in [0.15, 0.2) is 18.2 Å². The molecule has 0 fully saturated rings. The molecule has 0 aliphatic heterocycles. The van der Waals surface area contributed by atoms with Gasteiger partial charge in [0.1, 0.15) is 6.61 Å². The molecule has 1 N–H and O–H groups in total. The van der Waals surface area contributed by atoms with Crippen molar-refractivity contribution >= 4 is 11.8 Å². The maximum atomic E-state index is 12.3. The molecule has 0 heterocycles. The number of amides is 2. The zero-order valence-corrected chi connectivity index (χ0v) is 20.7. The van der Waals surface area contributed by atoms with Gasteiger partial charge >= 0.3 is 0 Å². The lowest BCUT2D eigenvalue weighted by Crippen LogP contribution is -2.32. The number of nitrogens with zero attached hydrogens (tertiary/aromatic N) is 2. The Balaban J connectivity index is 2.44. The number of methoxy groups -OCH3 is 1. The van der Waals surface area contributed by atoms with Crippen molar-refractivity contribution in [3.05, 3.63) is 23.8 Å². The van der Waals surface area contributed by atoms with E-state index in [4.69, 9.17) is 9.47 Å². The number of hydrogen-bond donors (Lipinski definition) is 1. The van der Waals surface area contributed by atoms with Crippen molar-refractivity contribution in [2.75, 3.05) is 46.4 Å². The van der Waals surface area contributed by atoms with Crippen molar-refractivity contribution < 1.29 is 19.1 Å². The maximum absolute atomic E-state index is 12.3. The van der Waals surface area contributed by atoms with Crippen LogP contribution in [0.1, 0.15) is 65.4 Å². The van der Waals surface area contributed by atoms with Crippen LogP contribution in [0.3, 0.4) is 0 Å². The fourth-order valence-corrected chi connectivity index (χ4v) is 3.51. The van der Waals surface area contributed by atoms with E-state index in [0.717, 1.165) is 51.1 Å². The summed E-state index contributed by atoms with van der Waals surface area (Å²) in [6.07, 6.45) is 3.24. The number of carbonyl (C=O) groups is 2. The number of ether oxygens (including phenoxy) is 2. The van der Waals surface area contributed by atoms with E-state index >= 15 is 0 Å². The van der Waals surface area contributed by atoms with Crippen LogP contribution in [0.25, 0.3) is 0 Å². The van der Waals surface area contributed by atoms with Gasteiger partial charge in [-0.05, 0) is 50.0 Å². The average Bonchev–Trinajstić information content (AvgIpc) is 2.80. The lowest BCUT2D eigenvalue weighted by atomic mass is 10.1. The lowest BCUT2D eigenvalue weighted by molar-refractivity contribution is -0.131. The molecular formula is C25H43N3O4. The molecule has 0 spiro atoms. The van der Waals surface area contributed by atoms with E-state index in [2.05, 4.69) is 37.9 Å². The van der Waals surface area contributed by atoms with Crippen molar-refractivity contribution in [3.63, 3.8) is 0 Å². The van der Waals surface area contributed by atoms with Crippen LogP contribution in [-0.2, 0) is 16.1 Å². The minimum Gasteiger partial charge on any atom is -0.493 e. The summed E-state index contributed by atoms with van der Waals surface area (Å²) in [4.78, 5) is 28.7. The number of carbonyl (C=O) groups excluding carboxylic acids is 2. The van der Waals surface area contributed by atoms with Gasteiger partial charge in [-0.25, -0.2) is 0 Å². The second kappa shape index (κ2) is 16.4. The monoisotopic (exact) mass is 449 g/mol. The largest absolute Gasteiger partial charge is 0.493 e. The Morgan fingerprint density at radius 3 is 2.22 bits per heavy atom. The highest BCUT2D eigenvalue weighted by Gasteiger charge is 2.13. The quantitative estimate of drug-likeness (QED) is 0.391. The Labute approximate surface area is 194 Å². The van der Waals surface area contributed by atoms with E-state index in [1.165, 1.54) is 0 Å². The van der Waals surface area contributed by atoms with Gasteiger partial charge in [0.05, 0.1) is 7.11 Å². The second-order valence-electron chi connectivity index (χ2n) is 7.87. The highest BCUT2D eigenvalue weighted by molar-refractivity contribution is 5.79. The van der Waals surface area contributed by atoms with Crippen molar-refractivity contribution in [1.29, 1.82) is 0 Å². The Hall–Kier alpha value is -2.28. The smallest absolute Gasteiger partial charge is 0.222 e. The first-order valence-corrected chi connectivity index (χ1v) is 12.0. The number of hydrogen-bond acceptors (Lipinski definition) is 5. The van der Waals surface area contributed by atoms with Crippen LogP contribution < -0.4 is 14.8 Å². The Morgan fingerprint density at radius 1 is 0.938 bits per heavy atom. The van der Waals surface area contributed by atoms with E-state index in [-0.39, 0.29) is 11.8 Å². The van der Waals surface area contributed by atoms with Crippen LogP contribution in [0.2, 0.25) is 0 Å². The fraction of sp³-hybridized carbons (Fsp3) is 0.680. The van der Waals surface area contributed by atoms with Gasteiger partial charge in [0.25, 0.3) is 0 Å². The molecule has 0 saturated heterocycles. The van der Waals surface area contributed by atoms with Gasteiger partial charge in [-0.15, -0.1) is 0 Å². The molecule has 0 saturated carbocycles. The van der Waals surface area contributed by atoms with Crippen LogP contribution in [0, 0.1) is 0 Å². The van der Waals surface area contributed by atoms with Gasteiger partial charge in [0, 0.05) is 39.0 Å². The van der Waals surface area contributed by atoms with Gasteiger partial charge in [0.15, 0.2) is 11.5 Å². The van der Waals surface area contributed by atoms with Gasteiger partial charge in [-0.3, -0.25) is 9.59 Å². The van der Waals surface area contributed by atoms with E-state index in [0.29, 0.717) is 43.9 Å². The average molecular weight is 450 g/mol. The molecule has 1 aromatic rings. The van der Waals surface area contributed by atoms with Crippen molar-refractivity contribution in [2.24, 2.45) is 0 Å². The third kappa shape index (κ3) is 10.4. The first-order chi connectivity index (χ1) is 15.5. The van der Waals surface area contributed by atoms with Crippen molar-refractivity contribution in [2.45, 2.75) is 66.3 Å². The molecule has 0 radical (unpaired) electrons. The molecule has 32 heavy (non-hydrogen) atoms. The summed E-state index contributed by atoms with van der Waals surface area (Å²) in [5, 5.41) is 2.93. The fourth-order valence-electron chi connectivity index (χ4n) is 3.51. The van der Waals surface area contributed by atoms with E-state index in [1.54, 1.807) is 7.11 Å². The number of benzene rings is 1. The SMILES string of the molecule is CCCN(CCC)C(=O)CCCC(=O)NCc1ccc(OCCN(CC)CC)c(OC)c1. The third-order valence-corrected chi connectivity index (χ3v) is 5.41. The van der Waals surface area contributed by atoms with E-state index < -0.39 is 0 Å². The first-order valence-electron chi connectivity index (χ1n) is 12.0. The first kappa shape index (κ1) is 27.8. The summed E-state index contributed by atoms with van der Waals surface area (Å²) in [6, 6.07) is 5.72. The van der Waals surface area contributed by atoms with Gasteiger partial charge in [-0.1, -0.05) is 33.8 Å². The molecule has 2 amide bonds. The Bertz CT molecular complexity index is 671. The second-order valence-corrected chi connectivity index (χ2v) is 7.87. The highest BCUT2D eigenvalue weighted by atomic mass is 16.5. The molecule has 7 nitrogen and oxygen atoms in total. The molecule has 1 rings (SSSR count). The molecule has 1 aromatic carbocycles. The Kier molecular flexibility index (Phi) is 14.2. The highest BCUT2D eigenvalue weighted by Crippen LogP contribution is 2.28. The minimum absolute atomic E-state index is 0.0474. The number of rotatable bonds is 17. The van der Waals surface area contributed by atoms with Gasteiger partial charge < -0.3 is 24.6 Å². The number of likely N-dealkylation sites (N-methyl/N-ethyl adjacent to an activating group) is 1. The molecule has 0 aliphatic rings. The van der Waals surface area contributed by atoms with Crippen LogP contribution >= 0.6 is 0 Å². The van der Waals surface area contributed by atoms with Gasteiger partial charge in [-0.2, -0.15) is 0 Å². The molecule has 182 valence electrons. The molecule has 0 atom stereocenters. The van der Waals surface area contributed by atoms with Crippen molar-refractivity contribution in [3.8, 4) is 11.5 Å². The van der Waals surface area contributed by atoms with E-state index in [9.17, 15) is 9.59 Å². The molecular weight excluding hydrogens is 406 g/mol. The van der Waals surface area contributed by atoms with Gasteiger partial charge in [0.2, 0.25) is 11.8 Å². The van der Waals surface area contributed by atoms with E-state index in [1.807, 2.05) is 23.1 Å². The predicted octanol–water partition coefficient (Wildman–Crippen LogP) is 3.85. The summed E-state index contributed by atoms with van der Waals surface area (Å²) >= 11 is 0. The summed E-state index contributed by atoms with van der Waals surface area (Å²) in [5.74, 6) is 1.46. The van der Waals surface area contributed by atoms with Crippen molar-refractivity contribution in [1.82, 2.24) is 15.1 Å². The van der Waals surface area contributed by atoms with Crippen LogP contribution in [-0.4, -0.2) is 68.1 Å². The zero-order chi connectivity index (χ0) is 23.8. The van der Waals surface area contributed by atoms with Crippen LogP contribution in [0.5, 0.6) is 11.5 Å². The molecule has 0 bridgehead atoms. The lowest BCUT2D eigenvalue weighted by Gasteiger charge is -2.21. The normalized spacial score (nSPS) is 10.8. The summed E-state index contributed by atoms with van der Waals surface area (Å²) in [7, 11) is 1.62. The molecule has 0 unspecified atom stereocenters. The minimum atomic E-state index is -0.0474. The summed E-state index contributed by atoms with van der Waals surface area (Å²) in [6.45, 7) is 13.9. The molecule has 0 aromatic heterocycles. The third-order valence-electron chi connectivity index (χ3n) is 5.41. The summed E-state index contributed by atoms with van der Waals surface area (Å²) < 4.78 is 11.3. The molecule has 0 aliphatic carbocycles. The van der Waals surface area contributed by atoms with Crippen LogP contribution in [0.4, 0.5) is 0 Å².